The Balaban J connectivity index is 1.96. The Bertz CT molecular complexity index is 1010. The maximum Gasteiger partial charge on any atom is 0.265 e. The van der Waals surface area contributed by atoms with Gasteiger partial charge < -0.3 is 4.98 Å². The molecule has 0 aliphatic heterocycles. The summed E-state index contributed by atoms with van der Waals surface area (Å²) in [5, 5.41) is 5.66. The molecular formula is C16H18Cl2N4O2S. The lowest BCUT2D eigenvalue weighted by Gasteiger charge is -2.12. The quantitative estimate of drug-likeness (QED) is 0.621. The highest BCUT2D eigenvalue weighted by Gasteiger charge is 2.21. The minimum Gasteiger partial charge on any atom is -0.358 e. The molecule has 0 bridgehead atoms. The average Bonchev–Trinajstić information content (AvgIpc) is 3.20. The van der Waals surface area contributed by atoms with Gasteiger partial charge in [-0.15, -0.1) is 0 Å². The van der Waals surface area contributed by atoms with Gasteiger partial charge in [-0.1, -0.05) is 37.0 Å². The lowest BCUT2D eigenvalue weighted by Crippen LogP contribution is -2.13. The Kier molecular flexibility index (Phi) is 4.99. The highest BCUT2D eigenvalue weighted by molar-refractivity contribution is 7.92. The molecule has 9 heteroatoms. The van der Waals surface area contributed by atoms with E-state index in [2.05, 4.69) is 14.8 Å². The molecule has 1 aromatic carbocycles. The Morgan fingerprint density at radius 1 is 1.24 bits per heavy atom. The van der Waals surface area contributed by atoms with Gasteiger partial charge in [0, 0.05) is 17.8 Å². The molecule has 2 aromatic heterocycles. The van der Waals surface area contributed by atoms with Crippen molar-refractivity contribution in [1.82, 2.24) is 14.8 Å². The number of benzene rings is 1. The molecule has 0 amide bonds. The summed E-state index contributed by atoms with van der Waals surface area (Å²) in [5.74, 6) is 0. The molecule has 0 aliphatic rings. The van der Waals surface area contributed by atoms with Crippen LogP contribution in [0.4, 0.5) is 5.69 Å². The predicted molar refractivity (Wildman–Crippen MR) is 101 cm³/mol. The first kappa shape index (κ1) is 18.1. The van der Waals surface area contributed by atoms with Gasteiger partial charge in [-0.3, -0.25) is 9.40 Å². The Morgan fingerprint density at radius 3 is 2.64 bits per heavy atom. The van der Waals surface area contributed by atoms with Crippen molar-refractivity contribution in [2.45, 2.75) is 37.6 Å². The zero-order chi connectivity index (χ0) is 18.2. The number of rotatable bonds is 6. The molecule has 0 atom stereocenters. The van der Waals surface area contributed by atoms with Crippen LogP contribution in [0.25, 0.3) is 10.9 Å². The normalized spacial score (nSPS) is 12.2. The molecule has 0 spiro atoms. The van der Waals surface area contributed by atoms with Gasteiger partial charge in [-0.05, 0) is 25.0 Å². The van der Waals surface area contributed by atoms with Gasteiger partial charge in [0.15, 0.2) is 0 Å². The largest absolute Gasteiger partial charge is 0.358 e. The van der Waals surface area contributed by atoms with Gasteiger partial charge in [0.25, 0.3) is 10.0 Å². The van der Waals surface area contributed by atoms with Crippen LogP contribution in [0.15, 0.2) is 35.6 Å². The van der Waals surface area contributed by atoms with Gasteiger partial charge in [0.05, 0.1) is 33.5 Å². The van der Waals surface area contributed by atoms with Crippen molar-refractivity contribution in [2.24, 2.45) is 0 Å². The van der Waals surface area contributed by atoms with E-state index in [0.717, 1.165) is 12.8 Å². The molecule has 0 aliphatic carbocycles. The summed E-state index contributed by atoms with van der Waals surface area (Å²) in [7, 11) is -3.78. The van der Waals surface area contributed by atoms with Crippen molar-refractivity contribution >= 4 is 49.8 Å². The molecule has 134 valence electrons. The standard InChI is InChI=1S/C16H18Cl2N4O2S/c1-3-10(4-2)22-9-11(7-20-22)25(23,24)21-14-6-5-12(17)15-13(18)8-19-16(14)15/h5-10,19,21H,3-4H2,1-2H3. The van der Waals surface area contributed by atoms with E-state index >= 15 is 0 Å². The summed E-state index contributed by atoms with van der Waals surface area (Å²) in [6.07, 6.45) is 6.24. The van der Waals surface area contributed by atoms with E-state index in [1.54, 1.807) is 29.2 Å². The second kappa shape index (κ2) is 6.90. The topological polar surface area (TPSA) is 79.8 Å². The second-order valence-corrected chi connectivity index (χ2v) is 8.21. The Labute approximate surface area is 156 Å². The van der Waals surface area contributed by atoms with Crippen LogP contribution in [-0.4, -0.2) is 23.2 Å². The molecule has 2 N–H and O–H groups in total. The van der Waals surface area contributed by atoms with E-state index in [1.165, 1.54) is 6.20 Å². The molecule has 0 radical (unpaired) electrons. The zero-order valence-corrected chi connectivity index (χ0v) is 16.1. The third-order valence-electron chi connectivity index (χ3n) is 4.19. The summed E-state index contributed by atoms with van der Waals surface area (Å²) in [6, 6.07) is 3.38. The third kappa shape index (κ3) is 3.36. The number of halogens is 2. The predicted octanol–water partition coefficient (Wildman–Crippen LogP) is 4.83. The number of H-pyrrole nitrogens is 1. The maximum absolute atomic E-state index is 12.7. The van der Waals surface area contributed by atoms with Crippen molar-refractivity contribution in [1.29, 1.82) is 0 Å². The minimum absolute atomic E-state index is 0.111. The molecule has 25 heavy (non-hydrogen) atoms. The van der Waals surface area contributed by atoms with Crippen molar-refractivity contribution < 1.29 is 8.42 Å². The number of hydrogen-bond acceptors (Lipinski definition) is 3. The molecule has 3 rings (SSSR count). The van der Waals surface area contributed by atoms with Crippen molar-refractivity contribution in [3.63, 3.8) is 0 Å². The molecule has 6 nitrogen and oxygen atoms in total. The number of nitrogens with zero attached hydrogens (tertiary/aromatic N) is 2. The summed E-state index contributed by atoms with van der Waals surface area (Å²) < 4.78 is 29.7. The fourth-order valence-corrected chi connectivity index (χ4v) is 4.35. The molecular weight excluding hydrogens is 383 g/mol. The highest BCUT2D eigenvalue weighted by atomic mass is 35.5. The van der Waals surface area contributed by atoms with E-state index in [9.17, 15) is 8.42 Å². The lowest BCUT2D eigenvalue weighted by atomic mass is 10.2. The van der Waals surface area contributed by atoms with Crippen LogP contribution < -0.4 is 4.72 Å². The van der Waals surface area contributed by atoms with Gasteiger partial charge in [-0.2, -0.15) is 5.10 Å². The Morgan fingerprint density at radius 2 is 1.96 bits per heavy atom. The summed E-state index contributed by atoms with van der Waals surface area (Å²) in [5.41, 5.74) is 0.912. The first-order valence-corrected chi connectivity index (χ1v) is 10.1. The summed E-state index contributed by atoms with van der Waals surface area (Å²) in [4.78, 5) is 3.06. The van der Waals surface area contributed by atoms with E-state index in [1.807, 2.05) is 13.8 Å². The number of aromatic nitrogens is 3. The SMILES string of the molecule is CCC(CC)n1cc(S(=O)(=O)Nc2ccc(Cl)c3c(Cl)c[nH]c23)cn1. The monoisotopic (exact) mass is 400 g/mol. The van der Waals surface area contributed by atoms with Gasteiger partial charge in [0.2, 0.25) is 0 Å². The lowest BCUT2D eigenvalue weighted by molar-refractivity contribution is 0.428. The van der Waals surface area contributed by atoms with Crippen molar-refractivity contribution in [3.8, 4) is 0 Å². The van der Waals surface area contributed by atoms with Gasteiger partial charge in [0.1, 0.15) is 4.90 Å². The first-order chi connectivity index (χ1) is 11.9. The number of aromatic amines is 1. The Hall–Kier alpha value is -1.70. The first-order valence-electron chi connectivity index (χ1n) is 7.89. The van der Waals surface area contributed by atoms with Crippen LogP contribution in [0.2, 0.25) is 10.0 Å². The maximum atomic E-state index is 12.7. The van der Waals surface area contributed by atoms with E-state index in [4.69, 9.17) is 23.2 Å². The number of fused-ring (bicyclic) bond motifs is 1. The highest BCUT2D eigenvalue weighted by Crippen LogP contribution is 2.35. The molecule has 2 heterocycles. The van der Waals surface area contributed by atoms with E-state index < -0.39 is 10.0 Å². The fourth-order valence-electron chi connectivity index (χ4n) is 2.78. The van der Waals surface area contributed by atoms with Gasteiger partial charge in [-0.25, -0.2) is 8.42 Å². The van der Waals surface area contributed by atoms with Crippen LogP contribution in [-0.2, 0) is 10.0 Å². The molecule has 0 saturated heterocycles. The molecule has 0 unspecified atom stereocenters. The fraction of sp³-hybridized carbons (Fsp3) is 0.312. The third-order valence-corrected chi connectivity index (χ3v) is 6.12. The molecule has 0 fully saturated rings. The zero-order valence-electron chi connectivity index (χ0n) is 13.8. The number of anilines is 1. The van der Waals surface area contributed by atoms with E-state index in [-0.39, 0.29) is 10.9 Å². The molecule has 0 saturated carbocycles. The van der Waals surface area contributed by atoms with Crippen molar-refractivity contribution in [2.75, 3.05) is 4.72 Å². The van der Waals surface area contributed by atoms with Gasteiger partial charge >= 0.3 is 0 Å². The summed E-state index contributed by atoms with van der Waals surface area (Å²) >= 11 is 12.2. The smallest absolute Gasteiger partial charge is 0.265 e. The van der Waals surface area contributed by atoms with E-state index in [0.29, 0.717) is 26.6 Å². The second-order valence-electron chi connectivity index (χ2n) is 5.71. The number of hydrogen-bond donors (Lipinski definition) is 2. The minimum atomic E-state index is -3.78. The number of nitrogens with one attached hydrogen (secondary N) is 2. The molecule has 3 aromatic rings. The summed E-state index contributed by atoms with van der Waals surface area (Å²) in [6.45, 7) is 4.09. The number of sulfonamides is 1. The van der Waals surface area contributed by atoms with Crippen molar-refractivity contribution in [3.05, 3.63) is 40.8 Å². The van der Waals surface area contributed by atoms with Crippen LogP contribution in [0, 0.1) is 0 Å². The van der Waals surface area contributed by atoms with Crippen LogP contribution >= 0.6 is 23.2 Å². The van der Waals surface area contributed by atoms with Crippen LogP contribution in [0.3, 0.4) is 0 Å². The van der Waals surface area contributed by atoms with Crippen LogP contribution in [0.5, 0.6) is 0 Å². The average molecular weight is 401 g/mol. The van der Waals surface area contributed by atoms with Crippen LogP contribution in [0.1, 0.15) is 32.7 Å².